The molecule has 3 N–H and O–H groups in total. The molecule has 1 heterocycles. The average molecular weight is 222 g/mol. The molecule has 1 saturated carbocycles. The van der Waals surface area contributed by atoms with Gasteiger partial charge in [0.1, 0.15) is 0 Å². The molecule has 1 aliphatic carbocycles. The van der Waals surface area contributed by atoms with Gasteiger partial charge in [-0.15, -0.1) is 0 Å². The first-order valence-electron chi connectivity index (χ1n) is 5.27. The van der Waals surface area contributed by atoms with Crippen molar-refractivity contribution in [1.29, 1.82) is 0 Å². The lowest BCUT2D eigenvalue weighted by Crippen LogP contribution is -2.30. The summed E-state index contributed by atoms with van der Waals surface area (Å²) in [6, 6.07) is 3.31. The first-order chi connectivity index (χ1) is 7.70. The molecule has 0 bridgehead atoms. The van der Waals surface area contributed by atoms with Crippen molar-refractivity contribution in [2.24, 2.45) is 11.7 Å². The molecular weight excluding hydrogens is 208 g/mol. The van der Waals surface area contributed by atoms with Crippen molar-refractivity contribution in [2.45, 2.75) is 18.9 Å². The first-order valence-corrected chi connectivity index (χ1v) is 5.27. The van der Waals surface area contributed by atoms with E-state index in [0.717, 1.165) is 5.69 Å². The topological polar surface area (TPSA) is 94.1 Å². The Bertz CT molecular complexity index is 375. The molecule has 0 spiro atoms. The van der Waals surface area contributed by atoms with Crippen molar-refractivity contribution in [3.63, 3.8) is 0 Å². The summed E-state index contributed by atoms with van der Waals surface area (Å²) in [6.45, 7) is 0.571. The maximum Gasteiger partial charge on any atom is 0.363 e. The second-order valence-corrected chi connectivity index (χ2v) is 3.99. The molecule has 0 radical (unpaired) electrons. The van der Waals surface area contributed by atoms with Crippen LogP contribution in [0.3, 0.4) is 0 Å². The summed E-state index contributed by atoms with van der Waals surface area (Å²) >= 11 is 0. The molecule has 2 rings (SSSR count). The normalized spacial score (nSPS) is 16.8. The van der Waals surface area contributed by atoms with Crippen molar-refractivity contribution in [3.05, 3.63) is 28.4 Å². The van der Waals surface area contributed by atoms with E-state index in [0.29, 0.717) is 12.5 Å². The van der Waals surface area contributed by atoms with Crippen LogP contribution in [0.2, 0.25) is 0 Å². The maximum absolute atomic E-state index is 10.4. The fraction of sp³-hybridized carbons (Fsp3) is 0.500. The van der Waals surface area contributed by atoms with E-state index in [9.17, 15) is 10.1 Å². The molecule has 1 unspecified atom stereocenters. The van der Waals surface area contributed by atoms with Gasteiger partial charge in [0.05, 0.1) is 5.69 Å². The van der Waals surface area contributed by atoms with E-state index < -0.39 is 4.92 Å². The molecule has 1 aliphatic rings. The van der Waals surface area contributed by atoms with Gasteiger partial charge in [-0.3, -0.25) is 0 Å². The van der Waals surface area contributed by atoms with Crippen molar-refractivity contribution in [3.8, 4) is 0 Å². The Kier molecular flexibility index (Phi) is 3.00. The van der Waals surface area contributed by atoms with Gasteiger partial charge in [-0.25, -0.2) is 0 Å². The van der Waals surface area contributed by atoms with Gasteiger partial charge in [0, 0.05) is 18.7 Å². The summed E-state index contributed by atoms with van der Waals surface area (Å²) in [4.78, 5) is 13.6. The minimum absolute atomic E-state index is 0.138. The highest BCUT2D eigenvalue weighted by molar-refractivity contribution is 5.44. The number of nitro groups is 1. The second kappa shape index (κ2) is 4.44. The molecule has 0 aliphatic heterocycles. The lowest BCUT2D eigenvalue weighted by Gasteiger charge is -2.15. The van der Waals surface area contributed by atoms with E-state index in [1.54, 1.807) is 6.07 Å². The molecule has 16 heavy (non-hydrogen) atoms. The molecule has 0 aromatic carbocycles. The van der Waals surface area contributed by atoms with Gasteiger partial charge in [-0.2, -0.15) is 0 Å². The molecule has 1 fully saturated rings. The Morgan fingerprint density at radius 1 is 1.62 bits per heavy atom. The minimum Gasteiger partial charge on any atom is -0.378 e. The lowest BCUT2D eigenvalue weighted by molar-refractivity contribution is -0.389. The van der Waals surface area contributed by atoms with Crippen LogP contribution in [0.4, 0.5) is 11.5 Å². The van der Waals surface area contributed by atoms with Crippen LogP contribution in [0.25, 0.3) is 0 Å². The minimum atomic E-state index is -0.509. The SMILES string of the molecule is NCC(Nc1ccc([N+](=O)[O-])nc1)C1CC1. The van der Waals surface area contributed by atoms with Crippen molar-refractivity contribution in [1.82, 2.24) is 4.98 Å². The van der Waals surface area contributed by atoms with Crippen molar-refractivity contribution in [2.75, 3.05) is 11.9 Å². The zero-order valence-electron chi connectivity index (χ0n) is 8.80. The van der Waals surface area contributed by atoms with Gasteiger partial charge in [0.25, 0.3) is 0 Å². The molecule has 6 nitrogen and oxygen atoms in total. The molecule has 86 valence electrons. The zero-order chi connectivity index (χ0) is 11.5. The van der Waals surface area contributed by atoms with Gasteiger partial charge < -0.3 is 21.2 Å². The summed E-state index contributed by atoms with van der Waals surface area (Å²) < 4.78 is 0. The molecule has 0 amide bonds. The molecule has 6 heteroatoms. The molecular formula is C10H14N4O2. The highest BCUT2D eigenvalue weighted by atomic mass is 16.6. The van der Waals surface area contributed by atoms with Crippen molar-refractivity contribution < 1.29 is 4.92 Å². The fourth-order valence-corrected chi connectivity index (χ4v) is 1.66. The highest BCUT2D eigenvalue weighted by Crippen LogP contribution is 2.33. The smallest absolute Gasteiger partial charge is 0.363 e. The highest BCUT2D eigenvalue weighted by Gasteiger charge is 2.30. The van der Waals surface area contributed by atoms with E-state index in [1.807, 2.05) is 0 Å². The van der Waals surface area contributed by atoms with Crippen LogP contribution in [0, 0.1) is 16.0 Å². The number of nitrogens with two attached hydrogens (primary N) is 1. The molecule has 1 aromatic rings. The van der Waals surface area contributed by atoms with E-state index in [2.05, 4.69) is 10.3 Å². The number of nitrogens with zero attached hydrogens (tertiary/aromatic N) is 2. The predicted molar refractivity (Wildman–Crippen MR) is 60.1 cm³/mol. The number of nitrogens with one attached hydrogen (secondary N) is 1. The largest absolute Gasteiger partial charge is 0.378 e. The van der Waals surface area contributed by atoms with E-state index in [4.69, 9.17) is 5.73 Å². The maximum atomic E-state index is 10.4. The van der Waals surface area contributed by atoms with Crippen molar-refractivity contribution >= 4 is 11.5 Å². The number of hydrogen-bond acceptors (Lipinski definition) is 5. The van der Waals surface area contributed by atoms with Gasteiger partial charge in [-0.1, -0.05) is 0 Å². The molecule has 0 saturated heterocycles. The van der Waals surface area contributed by atoms with Gasteiger partial charge in [0.2, 0.25) is 0 Å². The summed E-state index contributed by atoms with van der Waals surface area (Å²) in [6.07, 6.45) is 3.88. The van der Waals surface area contributed by atoms with E-state index >= 15 is 0 Å². The van der Waals surface area contributed by atoms with E-state index in [1.165, 1.54) is 25.1 Å². The monoisotopic (exact) mass is 222 g/mol. The van der Waals surface area contributed by atoms with Crippen LogP contribution in [0.5, 0.6) is 0 Å². The second-order valence-electron chi connectivity index (χ2n) is 3.99. The number of anilines is 1. The van der Waals surface area contributed by atoms with Gasteiger partial charge in [0.15, 0.2) is 6.20 Å². The summed E-state index contributed by atoms with van der Waals surface area (Å²) in [5.74, 6) is 0.501. The van der Waals surface area contributed by atoms with Crippen LogP contribution >= 0.6 is 0 Å². The third-order valence-corrected chi connectivity index (χ3v) is 2.73. The predicted octanol–water partition coefficient (Wildman–Crippen LogP) is 1.14. The zero-order valence-corrected chi connectivity index (χ0v) is 8.80. The third kappa shape index (κ3) is 2.46. The lowest BCUT2D eigenvalue weighted by atomic mass is 10.2. The Hall–Kier alpha value is -1.69. The van der Waals surface area contributed by atoms with Crippen LogP contribution in [-0.4, -0.2) is 22.5 Å². The van der Waals surface area contributed by atoms with Gasteiger partial charge >= 0.3 is 5.82 Å². The third-order valence-electron chi connectivity index (χ3n) is 2.73. The standard InChI is InChI=1S/C10H14N4O2/c11-5-9(7-1-2-7)13-8-3-4-10(12-6-8)14(15)16/h3-4,6-7,9,13H,1-2,5,11H2. The van der Waals surface area contributed by atoms with Crippen LogP contribution < -0.4 is 11.1 Å². The Morgan fingerprint density at radius 3 is 2.81 bits per heavy atom. The summed E-state index contributed by atoms with van der Waals surface area (Å²) in [7, 11) is 0. The Labute approximate surface area is 93.0 Å². The summed E-state index contributed by atoms with van der Waals surface area (Å²) in [5, 5.41) is 13.7. The first kappa shape index (κ1) is 10.8. The van der Waals surface area contributed by atoms with Crippen LogP contribution in [-0.2, 0) is 0 Å². The Morgan fingerprint density at radius 2 is 2.38 bits per heavy atom. The van der Waals surface area contributed by atoms with Crippen LogP contribution in [0.15, 0.2) is 18.3 Å². The van der Waals surface area contributed by atoms with E-state index in [-0.39, 0.29) is 11.9 Å². The molecule has 1 aromatic heterocycles. The Balaban J connectivity index is 2.01. The van der Waals surface area contributed by atoms with Gasteiger partial charge in [-0.05, 0) is 34.7 Å². The molecule has 1 atom stereocenters. The summed E-state index contributed by atoms with van der Waals surface area (Å²) in [5.41, 5.74) is 6.43. The average Bonchev–Trinajstić information content (AvgIpc) is 3.10. The fourth-order valence-electron chi connectivity index (χ4n) is 1.66. The number of hydrogen-bond donors (Lipinski definition) is 2. The quantitative estimate of drug-likeness (QED) is 0.575. The number of pyridine rings is 1. The van der Waals surface area contributed by atoms with Crippen LogP contribution in [0.1, 0.15) is 12.8 Å². The number of rotatable bonds is 5. The number of aromatic nitrogens is 1.